The summed E-state index contributed by atoms with van der Waals surface area (Å²) < 4.78 is 5.48. The molecule has 1 amide bonds. The van der Waals surface area contributed by atoms with E-state index in [0.29, 0.717) is 25.9 Å². The minimum Gasteiger partial charge on any atom is -0.466 e. The van der Waals surface area contributed by atoms with Crippen LogP contribution in [-0.2, 0) is 14.3 Å². The Hall–Kier alpha value is -1.40. The van der Waals surface area contributed by atoms with E-state index >= 15 is 0 Å². The van der Waals surface area contributed by atoms with Gasteiger partial charge in [0.15, 0.2) is 0 Å². The molecule has 6 heteroatoms. The number of aliphatic hydroxyl groups excluding tert-OH is 2. The number of ether oxygens (including phenoxy) is 1. The molecule has 0 aromatic rings. The average Bonchev–Trinajstić information content (AvgIpc) is 3.43. The van der Waals surface area contributed by atoms with Crippen LogP contribution in [0.25, 0.3) is 0 Å². The second kappa shape index (κ2) is 67.1. The molecule has 0 aliphatic rings. The maximum atomic E-state index is 12.5. The SMILES string of the molecule is CCCCC/C=C\CCCCCCCC(=O)OCCCCCCCCCCCCCCCCCCCCCCCCCCCCCCCCCC(=O)NC(CO)C(O)CCCCCCCCCCCCCCCCCCC. The van der Waals surface area contributed by atoms with Crippen LogP contribution in [0.1, 0.15) is 406 Å². The summed E-state index contributed by atoms with van der Waals surface area (Å²) in [6, 6.07) is -0.538. The summed E-state index contributed by atoms with van der Waals surface area (Å²) >= 11 is 0. The van der Waals surface area contributed by atoms with Crippen molar-refractivity contribution in [1.82, 2.24) is 5.32 Å². The van der Waals surface area contributed by atoms with Crippen molar-refractivity contribution in [3.8, 4) is 0 Å². The Morgan fingerprint density at radius 3 is 0.948 bits per heavy atom. The number of unbranched alkanes of at least 4 members (excludes halogenated alkanes) is 54. The van der Waals surface area contributed by atoms with E-state index in [-0.39, 0.29) is 18.5 Å². The third-order valence-corrected chi connectivity index (χ3v) is 16.8. The second-order valence-electron chi connectivity index (χ2n) is 24.6. The van der Waals surface area contributed by atoms with Gasteiger partial charge in [-0.25, -0.2) is 0 Å². The molecule has 0 fully saturated rings. The number of hydrogen-bond acceptors (Lipinski definition) is 5. The Labute approximate surface area is 482 Å². The lowest BCUT2D eigenvalue weighted by atomic mass is 10.0. The van der Waals surface area contributed by atoms with Gasteiger partial charge >= 0.3 is 5.97 Å². The van der Waals surface area contributed by atoms with Crippen LogP contribution in [-0.4, -0.2) is 47.4 Å². The fourth-order valence-electron chi connectivity index (χ4n) is 11.4. The van der Waals surface area contributed by atoms with Gasteiger partial charge < -0.3 is 20.3 Å². The fourth-order valence-corrected chi connectivity index (χ4v) is 11.4. The number of hydrogen-bond donors (Lipinski definition) is 3. The predicted molar refractivity (Wildman–Crippen MR) is 338 cm³/mol. The Morgan fingerprint density at radius 2 is 0.610 bits per heavy atom. The quantitative estimate of drug-likeness (QED) is 0.0320. The Balaban J connectivity index is 3.32. The first kappa shape index (κ1) is 75.6. The van der Waals surface area contributed by atoms with Gasteiger partial charge in [0.1, 0.15) is 0 Å². The summed E-state index contributed by atoms with van der Waals surface area (Å²) in [5, 5.41) is 23.4. The lowest BCUT2D eigenvalue weighted by Crippen LogP contribution is -2.45. The standard InChI is InChI=1S/C71H139NO5/c1-3-5-7-9-11-13-15-17-18-34-37-40-43-47-51-55-59-63-69(74)68(67-73)72-70(75)64-60-56-52-48-44-41-38-35-32-30-28-26-24-22-20-19-21-23-25-27-29-31-33-36-39-42-46-50-54-58-62-66-77-71(76)65-61-57-53-49-45-16-14-12-10-8-6-4-2/h12,14,68-69,73-74H,3-11,13,15-67H2,1-2H3,(H,72,75)/b14-12-. The molecule has 0 saturated heterocycles. The largest absolute Gasteiger partial charge is 0.466 e. The van der Waals surface area contributed by atoms with Gasteiger partial charge in [-0.15, -0.1) is 0 Å². The van der Waals surface area contributed by atoms with Crippen molar-refractivity contribution in [2.45, 2.75) is 418 Å². The van der Waals surface area contributed by atoms with E-state index in [1.54, 1.807) is 0 Å². The first-order valence-corrected chi connectivity index (χ1v) is 35.4. The van der Waals surface area contributed by atoms with Gasteiger partial charge in [-0.1, -0.05) is 353 Å². The molecule has 6 nitrogen and oxygen atoms in total. The van der Waals surface area contributed by atoms with E-state index in [1.165, 1.54) is 327 Å². The van der Waals surface area contributed by atoms with Crippen LogP contribution in [0.4, 0.5) is 0 Å². The van der Waals surface area contributed by atoms with Gasteiger partial charge in [0, 0.05) is 12.8 Å². The van der Waals surface area contributed by atoms with E-state index < -0.39 is 12.1 Å². The summed E-state index contributed by atoms with van der Waals surface area (Å²) in [5.74, 6) is -0.0154. The smallest absolute Gasteiger partial charge is 0.305 e. The zero-order chi connectivity index (χ0) is 55.7. The van der Waals surface area contributed by atoms with Gasteiger partial charge in [-0.3, -0.25) is 9.59 Å². The third kappa shape index (κ3) is 63.6. The van der Waals surface area contributed by atoms with Crippen LogP contribution in [0.3, 0.4) is 0 Å². The van der Waals surface area contributed by atoms with Crippen molar-refractivity contribution < 1.29 is 24.5 Å². The minimum absolute atomic E-state index is 0.0113. The number of carbonyl (C=O) groups excluding carboxylic acids is 2. The first-order chi connectivity index (χ1) is 38.0. The molecule has 0 rings (SSSR count). The monoisotopic (exact) mass is 1090 g/mol. The molecule has 0 spiro atoms. The topological polar surface area (TPSA) is 95.9 Å². The highest BCUT2D eigenvalue weighted by molar-refractivity contribution is 5.76. The maximum absolute atomic E-state index is 12.5. The van der Waals surface area contributed by atoms with Gasteiger partial charge in [0.25, 0.3) is 0 Å². The number of nitrogens with one attached hydrogen (secondary N) is 1. The Kier molecular flexibility index (Phi) is 65.9. The van der Waals surface area contributed by atoms with Gasteiger partial charge in [-0.05, 0) is 51.4 Å². The first-order valence-electron chi connectivity index (χ1n) is 35.4. The molecular weight excluding hydrogens is 947 g/mol. The molecule has 0 aromatic carbocycles. The summed E-state index contributed by atoms with van der Waals surface area (Å²) in [5.41, 5.74) is 0. The molecule has 458 valence electrons. The summed E-state index contributed by atoms with van der Waals surface area (Å²) in [7, 11) is 0. The molecule has 77 heavy (non-hydrogen) atoms. The highest BCUT2D eigenvalue weighted by Crippen LogP contribution is 2.19. The molecule has 0 heterocycles. The van der Waals surface area contributed by atoms with Crippen LogP contribution in [0.2, 0.25) is 0 Å². The molecule has 0 bridgehead atoms. The second-order valence-corrected chi connectivity index (χ2v) is 24.6. The van der Waals surface area contributed by atoms with E-state index in [4.69, 9.17) is 4.74 Å². The number of esters is 1. The van der Waals surface area contributed by atoms with Crippen molar-refractivity contribution in [1.29, 1.82) is 0 Å². The van der Waals surface area contributed by atoms with Crippen molar-refractivity contribution in [3.63, 3.8) is 0 Å². The van der Waals surface area contributed by atoms with Crippen molar-refractivity contribution in [2.75, 3.05) is 13.2 Å². The molecule has 0 saturated carbocycles. The fraction of sp³-hybridized carbons (Fsp3) is 0.944. The Morgan fingerprint density at radius 1 is 0.351 bits per heavy atom. The van der Waals surface area contributed by atoms with Crippen molar-refractivity contribution >= 4 is 11.9 Å². The summed E-state index contributed by atoms with van der Waals surface area (Å²) in [6.07, 6.45) is 82.7. The number of amides is 1. The highest BCUT2D eigenvalue weighted by atomic mass is 16.5. The molecule has 2 unspecified atom stereocenters. The third-order valence-electron chi connectivity index (χ3n) is 16.8. The van der Waals surface area contributed by atoms with Crippen LogP contribution in [0.5, 0.6) is 0 Å². The van der Waals surface area contributed by atoms with E-state index in [9.17, 15) is 19.8 Å². The molecular formula is C71H139NO5. The van der Waals surface area contributed by atoms with Gasteiger partial charge in [0.05, 0.1) is 25.4 Å². The number of aliphatic hydroxyl groups is 2. The molecule has 2 atom stereocenters. The highest BCUT2D eigenvalue weighted by Gasteiger charge is 2.20. The van der Waals surface area contributed by atoms with Crippen LogP contribution in [0, 0.1) is 0 Å². The lowest BCUT2D eigenvalue weighted by molar-refractivity contribution is -0.143. The number of allylic oxidation sites excluding steroid dienone is 2. The Bertz CT molecular complexity index is 1160. The van der Waals surface area contributed by atoms with Crippen LogP contribution in [0.15, 0.2) is 12.2 Å². The summed E-state index contributed by atoms with van der Waals surface area (Å²) in [6.45, 7) is 4.97. The summed E-state index contributed by atoms with van der Waals surface area (Å²) in [4.78, 5) is 24.5. The van der Waals surface area contributed by atoms with Gasteiger partial charge in [0.2, 0.25) is 5.91 Å². The van der Waals surface area contributed by atoms with Crippen molar-refractivity contribution in [3.05, 3.63) is 12.2 Å². The predicted octanol–water partition coefficient (Wildman–Crippen LogP) is 22.8. The minimum atomic E-state index is -0.661. The normalized spacial score (nSPS) is 12.5. The van der Waals surface area contributed by atoms with Gasteiger partial charge in [-0.2, -0.15) is 0 Å². The maximum Gasteiger partial charge on any atom is 0.305 e. The number of carbonyl (C=O) groups is 2. The molecule has 0 aromatic heterocycles. The van der Waals surface area contributed by atoms with Crippen molar-refractivity contribution in [2.24, 2.45) is 0 Å². The van der Waals surface area contributed by atoms with Crippen LogP contribution < -0.4 is 5.32 Å². The zero-order valence-corrected chi connectivity index (χ0v) is 52.5. The number of rotatable bonds is 67. The van der Waals surface area contributed by atoms with E-state index in [2.05, 4.69) is 31.3 Å². The molecule has 3 N–H and O–H groups in total. The van der Waals surface area contributed by atoms with Crippen LogP contribution >= 0.6 is 0 Å². The average molecular weight is 1090 g/mol. The van der Waals surface area contributed by atoms with E-state index in [1.807, 2.05) is 0 Å². The van der Waals surface area contributed by atoms with E-state index in [0.717, 1.165) is 44.9 Å². The zero-order valence-electron chi connectivity index (χ0n) is 52.5. The molecule has 0 radical (unpaired) electrons. The molecule has 0 aliphatic heterocycles. The molecule has 0 aliphatic carbocycles. The lowest BCUT2D eigenvalue weighted by Gasteiger charge is -2.22.